The number of carbonyl (C=O) groups is 3. The maximum Gasteiger partial charge on any atom is 0.308 e. The fourth-order valence-corrected chi connectivity index (χ4v) is 4.07. The van der Waals surface area contributed by atoms with Gasteiger partial charge < -0.3 is 19.5 Å². The molecule has 3 rings (SSSR count). The van der Waals surface area contributed by atoms with E-state index < -0.39 is 23.7 Å². The van der Waals surface area contributed by atoms with Crippen molar-refractivity contribution in [2.45, 2.75) is 46.1 Å². The van der Waals surface area contributed by atoms with E-state index in [0.717, 1.165) is 5.56 Å². The Bertz CT molecular complexity index is 1100. The van der Waals surface area contributed by atoms with Gasteiger partial charge in [-0.15, -0.1) is 0 Å². The molecule has 33 heavy (non-hydrogen) atoms. The summed E-state index contributed by atoms with van der Waals surface area (Å²) in [7, 11) is 1.58. The normalized spacial score (nSPS) is 17.5. The summed E-state index contributed by atoms with van der Waals surface area (Å²) < 4.78 is 10.5. The van der Waals surface area contributed by atoms with Gasteiger partial charge in [-0.1, -0.05) is 32.9 Å². The smallest absolute Gasteiger partial charge is 0.308 e. The first-order chi connectivity index (χ1) is 15.7. The molecule has 7 heteroatoms. The number of esters is 1. The summed E-state index contributed by atoms with van der Waals surface area (Å²) in [6, 6.07) is 11.0. The third-order valence-corrected chi connectivity index (χ3v) is 5.59. The minimum Gasteiger partial charge on any atom is -0.507 e. The zero-order chi connectivity index (χ0) is 24.3. The Morgan fingerprint density at radius 1 is 1.12 bits per heavy atom. The number of ether oxygens (including phenoxy) is 2. The Labute approximate surface area is 193 Å². The highest BCUT2D eigenvalue weighted by Gasteiger charge is 2.45. The lowest BCUT2D eigenvalue weighted by Gasteiger charge is -2.25. The van der Waals surface area contributed by atoms with Gasteiger partial charge >= 0.3 is 5.97 Å². The van der Waals surface area contributed by atoms with Crippen LogP contribution in [0, 0.1) is 0 Å². The van der Waals surface area contributed by atoms with Gasteiger partial charge in [-0.25, -0.2) is 0 Å². The van der Waals surface area contributed by atoms with Crippen LogP contribution in [-0.4, -0.2) is 41.3 Å². The molecule has 0 radical (unpaired) electrons. The van der Waals surface area contributed by atoms with Gasteiger partial charge in [0.1, 0.15) is 17.3 Å². The first-order valence-corrected chi connectivity index (χ1v) is 10.9. The molecule has 2 aromatic carbocycles. The number of rotatable bonds is 7. The van der Waals surface area contributed by atoms with Crippen molar-refractivity contribution in [1.82, 2.24) is 4.90 Å². The highest BCUT2D eigenvalue weighted by atomic mass is 16.5. The Balaban J connectivity index is 2.15. The molecule has 1 saturated heterocycles. The van der Waals surface area contributed by atoms with Crippen molar-refractivity contribution in [3.8, 4) is 11.5 Å². The molecule has 0 bridgehead atoms. The lowest BCUT2D eigenvalue weighted by molar-refractivity contribution is -0.139. The number of benzene rings is 2. The fourth-order valence-electron chi connectivity index (χ4n) is 4.07. The molecule has 1 heterocycles. The van der Waals surface area contributed by atoms with E-state index in [1.54, 1.807) is 49.6 Å². The van der Waals surface area contributed by atoms with Crippen LogP contribution in [0.5, 0.6) is 11.5 Å². The molecule has 0 spiro atoms. The zero-order valence-electron chi connectivity index (χ0n) is 19.5. The van der Waals surface area contributed by atoms with E-state index in [1.165, 1.54) is 11.8 Å². The van der Waals surface area contributed by atoms with Gasteiger partial charge in [0.15, 0.2) is 0 Å². The van der Waals surface area contributed by atoms with Crippen molar-refractivity contribution in [3.63, 3.8) is 0 Å². The van der Waals surface area contributed by atoms with Crippen LogP contribution in [0.4, 0.5) is 0 Å². The monoisotopic (exact) mass is 451 g/mol. The highest BCUT2D eigenvalue weighted by Crippen LogP contribution is 2.40. The number of methoxy groups -OCH3 is 1. The summed E-state index contributed by atoms with van der Waals surface area (Å²) >= 11 is 0. The summed E-state index contributed by atoms with van der Waals surface area (Å²) in [5.41, 5.74) is 1.99. The standard InChI is InChI=1S/C26H29NO6/c1-6-13-27-23(17-7-10-19(11-8-17)33-16(4)28)22(25(30)26(27)31)24(29)18-9-12-21(32-5)20(14-18)15(2)3/h7-12,14-15,23,29H,6,13H2,1-5H3/b24-22-. The second-order valence-corrected chi connectivity index (χ2v) is 8.27. The number of hydrogen-bond donors (Lipinski definition) is 1. The van der Waals surface area contributed by atoms with E-state index in [1.807, 2.05) is 20.8 Å². The molecular formula is C26H29NO6. The summed E-state index contributed by atoms with van der Waals surface area (Å²) in [6.45, 7) is 7.60. The minimum absolute atomic E-state index is 0.0357. The number of nitrogens with zero attached hydrogens (tertiary/aromatic N) is 1. The van der Waals surface area contributed by atoms with Crippen molar-refractivity contribution in [2.24, 2.45) is 0 Å². The molecular weight excluding hydrogens is 422 g/mol. The van der Waals surface area contributed by atoms with Crippen LogP contribution in [0.1, 0.15) is 62.8 Å². The average Bonchev–Trinajstić information content (AvgIpc) is 3.03. The lowest BCUT2D eigenvalue weighted by atomic mass is 9.93. The maximum absolute atomic E-state index is 13.0. The fraction of sp³-hybridized carbons (Fsp3) is 0.346. The van der Waals surface area contributed by atoms with Crippen molar-refractivity contribution < 1.29 is 29.0 Å². The van der Waals surface area contributed by atoms with Gasteiger partial charge in [-0.2, -0.15) is 0 Å². The molecule has 0 saturated carbocycles. The third kappa shape index (κ3) is 4.77. The van der Waals surface area contributed by atoms with Crippen LogP contribution < -0.4 is 9.47 Å². The van der Waals surface area contributed by atoms with E-state index in [-0.39, 0.29) is 17.3 Å². The van der Waals surface area contributed by atoms with E-state index >= 15 is 0 Å². The number of aliphatic hydroxyl groups is 1. The molecule has 1 fully saturated rings. The quantitative estimate of drug-likeness (QED) is 0.218. The highest BCUT2D eigenvalue weighted by molar-refractivity contribution is 6.46. The SMILES string of the molecule is CCCN1C(=O)C(=O)/C(=C(\O)c2ccc(OC)c(C(C)C)c2)C1c1ccc(OC(C)=O)cc1. The van der Waals surface area contributed by atoms with Gasteiger partial charge in [0.2, 0.25) is 0 Å². The molecule has 1 N–H and O–H groups in total. The maximum atomic E-state index is 13.0. The Morgan fingerprint density at radius 2 is 1.79 bits per heavy atom. The van der Waals surface area contributed by atoms with Crippen LogP contribution in [0.25, 0.3) is 5.76 Å². The predicted octanol–water partition coefficient (Wildman–Crippen LogP) is 4.58. The number of Topliss-reactive ketones (excluding diaryl/α,β-unsaturated/α-hetero) is 1. The van der Waals surface area contributed by atoms with Gasteiger partial charge in [-0.3, -0.25) is 14.4 Å². The molecule has 0 aromatic heterocycles. The number of carbonyl (C=O) groups excluding carboxylic acids is 3. The minimum atomic E-state index is -0.749. The summed E-state index contributed by atoms with van der Waals surface area (Å²) in [4.78, 5) is 38.6. The number of amides is 1. The molecule has 1 aliphatic heterocycles. The predicted molar refractivity (Wildman–Crippen MR) is 124 cm³/mol. The van der Waals surface area contributed by atoms with Gasteiger partial charge in [0, 0.05) is 19.0 Å². The number of likely N-dealkylation sites (tertiary alicyclic amines) is 1. The Kier molecular flexibility index (Phi) is 7.21. The van der Waals surface area contributed by atoms with E-state index in [2.05, 4.69) is 0 Å². The molecule has 1 atom stereocenters. The Morgan fingerprint density at radius 3 is 2.33 bits per heavy atom. The second-order valence-electron chi connectivity index (χ2n) is 8.27. The van der Waals surface area contributed by atoms with Crippen LogP contribution in [0.3, 0.4) is 0 Å². The van der Waals surface area contributed by atoms with Gasteiger partial charge in [0.25, 0.3) is 11.7 Å². The Hall–Kier alpha value is -3.61. The molecule has 1 aliphatic rings. The molecule has 1 unspecified atom stereocenters. The van der Waals surface area contributed by atoms with Crippen molar-refractivity contribution in [3.05, 3.63) is 64.7 Å². The topological polar surface area (TPSA) is 93.1 Å². The molecule has 2 aromatic rings. The summed E-state index contributed by atoms with van der Waals surface area (Å²) in [6.07, 6.45) is 0.648. The number of aliphatic hydroxyl groups excluding tert-OH is 1. The van der Waals surface area contributed by atoms with Crippen molar-refractivity contribution >= 4 is 23.4 Å². The first kappa shape index (κ1) is 24.0. The van der Waals surface area contributed by atoms with Crippen LogP contribution in [0.15, 0.2) is 48.0 Å². The van der Waals surface area contributed by atoms with Gasteiger partial charge in [-0.05, 0) is 53.8 Å². The largest absolute Gasteiger partial charge is 0.507 e. The molecule has 0 aliphatic carbocycles. The summed E-state index contributed by atoms with van der Waals surface area (Å²) in [5, 5.41) is 11.2. The second kappa shape index (κ2) is 9.90. The number of hydrogen-bond acceptors (Lipinski definition) is 6. The third-order valence-electron chi connectivity index (χ3n) is 5.59. The van der Waals surface area contributed by atoms with Crippen LogP contribution in [0.2, 0.25) is 0 Å². The lowest BCUT2D eigenvalue weighted by Crippen LogP contribution is -2.30. The van der Waals surface area contributed by atoms with E-state index in [9.17, 15) is 19.5 Å². The van der Waals surface area contributed by atoms with Gasteiger partial charge in [0.05, 0.1) is 18.7 Å². The molecule has 174 valence electrons. The van der Waals surface area contributed by atoms with E-state index in [4.69, 9.17) is 9.47 Å². The van der Waals surface area contributed by atoms with Crippen molar-refractivity contribution in [2.75, 3.05) is 13.7 Å². The number of ketones is 1. The van der Waals surface area contributed by atoms with Crippen molar-refractivity contribution in [1.29, 1.82) is 0 Å². The first-order valence-electron chi connectivity index (χ1n) is 10.9. The summed E-state index contributed by atoms with van der Waals surface area (Å²) in [5.74, 6) is -0.881. The van der Waals surface area contributed by atoms with Crippen LogP contribution in [-0.2, 0) is 14.4 Å². The average molecular weight is 452 g/mol. The van der Waals surface area contributed by atoms with E-state index in [0.29, 0.717) is 35.6 Å². The zero-order valence-corrected chi connectivity index (χ0v) is 19.5. The molecule has 7 nitrogen and oxygen atoms in total. The molecule has 1 amide bonds. The van der Waals surface area contributed by atoms with Crippen LogP contribution >= 0.6 is 0 Å².